The van der Waals surface area contributed by atoms with E-state index in [-0.39, 0.29) is 0 Å². The summed E-state index contributed by atoms with van der Waals surface area (Å²) in [4.78, 5) is 15.8. The Morgan fingerprint density at radius 3 is 2.32 bits per heavy atom. The molecule has 0 aliphatic rings. The molecule has 0 radical (unpaired) electrons. The topological polar surface area (TPSA) is 50.2 Å². The third-order valence-corrected chi connectivity index (χ3v) is 3.59. The van der Waals surface area contributed by atoms with Gasteiger partial charge in [-0.25, -0.2) is 0 Å². The Hall–Kier alpha value is -2.16. The van der Waals surface area contributed by atoms with Crippen molar-refractivity contribution in [1.82, 2.24) is 4.98 Å². The predicted molar refractivity (Wildman–Crippen MR) is 74.0 cm³/mol. The van der Waals surface area contributed by atoms with E-state index in [1.807, 2.05) is 49.4 Å². The fourth-order valence-electron chi connectivity index (χ4n) is 2.39. The van der Waals surface area contributed by atoms with E-state index in [1.54, 1.807) is 12.4 Å². The molecule has 0 bridgehead atoms. The van der Waals surface area contributed by atoms with Crippen molar-refractivity contribution in [3.05, 3.63) is 66.0 Å². The van der Waals surface area contributed by atoms with E-state index in [2.05, 4.69) is 4.98 Å². The highest BCUT2D eigenvalue weighted by Crippen LogP contribution is 2.32. The smallest absolute Gasteiger partial charge is 0.314 e. The summed E-state index contributed by atoms with van der Waals surface area (Å²) in [5.41, 5.74) is 0.965. The third-order valence-electron chi connectivity index (χ3n) is 3.59. The monoisotopic (exact) mass is 255 g/mol. The lowest BCUT2D eigenvalue weighted by Crippen LogP contribution is -2.37. The Morgan fingerprint density at radius 2 is 1.79 bits per heavy atom. The van der Waals surface area contributed by atoms with Crippen LogP contribution in [-0.4, -0.2) is 16.1 Å². The zero-order valence-corrected chi connectivity index (χ0v) is 10.9. The standard InChI is InChI=1S/C16H17NO2/c1-2-16(15(18)19,14-6-4-3-5-7-14)12-13-8-10-17-11-9-13/h3-11H,2,12H2,1H3,(H,18,19). The van der Waals surface area contributed by atoms with Crippen molar-refractivity contribution in [2.75, 3.05) is 0 Å². The summed E-state index contributed by atoms with van der Waals surface area (Å²) in [6.07, 6.45) is 4.42. The second kappa shape index (κ2) is 5.65. The van der Waals surface area contributed by atoms with Gasteiger partial charge in [0, 0.05) is 12.4 Å². The fourth-order valence-corrected chi connectivity index (χ4v) is 2.39. The Balaban J connectivity index is 2.44. The van der Waals surface area contributed by atoms with Crippen molar-refractivity contribution in [2.45, 2.75) is 25.2 Å². The summed E-state index contributed by atoms with van der Waals surface area (Å²) >= 11 is 0. The van der Waals surface area contributed by atoms with E-state index >= 15 is 0 Å². The fraction of sp³-hybridized carbons (Fsp3) is 0.250. The molecular formula is C16H17NO2. The Morgan fingerprint density at radius 1 is 1.16 bits per heavy atom. The zero-order chi connectivity index (χ0) is 13.7. The Bertz CT molecular complexity index is 539. The molecule has 98 valence electrons. The lowest BCUT2D eigenvalue weighted by Gasteiger charge is -2.29. The van der Waals surface area contributed by atoms with Gasteiger partial charge in [-0.3, -0.25) is 9.78 Å². The highest BCUT2D eigenvalue weighted by Gasteiger charge is 2.38. The van der Waals surface area contributed by atoms with Crippen molar-refractivity contribution in [1.29, 1.82) is 0 Å². The van der Waals surface area contributed by atoms with E-state index < -0.39 is 11.4 Å². The number of hydrogen-bond donors (Lipinski definition) is 1. The lowest BCUT2D eigenvalue weighted by molar-refractivity contribution is -0.144. The summed E-state index contributed by atoms with van der Waals surface area (Å²) in [6, 6.07) is 13.2. The zero-order valence-electron chi connectivity index (χ0n) is 10.9. The molecule has 0 saturated heterocycles. The molecule has 2 rings (SSSR count). The minimum Gasteiger partial charge on any atom is -0.481 e. The molecule has 3 heteroatoms. The van der Waals surface area contributed by atoms with Crippen LogP contribution in [0.25, 0.3) is 0 Å². The summed E-state index contributed by atoms with van der Waals surface area (Å²) in [7, 11) is 0. The molecule has 0 amide bonds. The van der Waals surface area contributed by atoms with Gasteiger partial charge in [-0.1, -0.05) is 37.3 Å². The van der Waals surface area contributed by atoms with Crippen molar-refractivity contribution in [3.8, 4) is 0 Å². The van der Waals surface area contributed by atoms with Gasteiger partial charge >= 0.3 is 5.97 Å². The number of pyridine rings is 1. The summed E-state index contributed by atoms with van der Waals surface area (Å²) < 4.78 is 0. The van der Waals surface area contributed by atoms with E-state index in [1.165, 1.54) is 0 Å². The van der Waals surface area contributed by atoms with Crippen LogP contribution in [-0.2, 0) is 16.6 Å². The number of carboxylic acid groups (broad SMARTS) is 1. The molecule has 0 aliphatic carbocycles. The molecule has 0 fully saturated rings. The molecule has 0 spiro atoms. The van der Waals surface area contributed by atoms with Crippen LogP contribution in [0.15, 0.2) is 54.9 Å². The van der Waals surface area contributed by atoms with Crippen molar-refractivity contribution < 1.29 is 9.90 Å². The van der Waals surface area contributed by atoms with Gasteiger partial charge in [0.05, 0.1) is 5.41 Å². The van der Waals surface area contributed by atoms with Crippen LogP contribution >= 0.6 is 0 Å². The summed E-state index contributed by atoms with van der Waals surface area (Å²) in [6.45, 7) is 1.92. The largest absolute Gasteiger partial charge is 0.481 e. The van der Waals surface area contributed by atoms with Gasteiger partial charge in [0.2, 0.25) is 0 Å². The number of benzene rings is 1. The first-order valence-electron chi connectivity index (χ1n) is 6.37. The van der Waals surface area contributed by atoms with Gasteiger partial charge in [0.15, 0.2) is 0 Å². The molecule has 1 aromatic heterocycles. The van der Waals surface area contributed by atoms with Crippen molar-refractivity contribution in [2.24, 2.45) is 0 Å². The van der Waals surface area contributed by atoms with E-state index in [0.717, 1.165) is 11.1 Å². The maximum atomic E-state index is 11.8. The predicted octanol–water partition coefficient (Wildman–Crippen LogP) is 3.06. The van der Waals surface area contributed by atoms with Crippen LogP contribution in [0, 0.1) is 0 Å². The normalized spacial score (nSPS) is 13.7. The molecule has 0 aliphatic heterocycles. The van der Waals surface area contributed by atoms with Crippen molar-refractivity contribution in [3.63, 3.8) is 0 Å². The summed E-state index contributed by atoms with van der Waals surface area (Å²) in [5.74, 6) is -0.780. The minimum absolute atomic E-state index is 0.478. The van der Waals surface area contributed by atoms with Crippen LogP contribution in [0.2, 0.25) is 0 Å². The molecule has 19 heavy (non-hydrogen) atoms. The number of hydrogen-bond acceptors (Lipinski definition) is 2. The maximum absolute atomic E-state index is 11.8. The van der Waals surface area contributed by atoms with Crippen LogP contribution in [0.3, 0.4) is 0 Å². The van der Waals surface area contributed by atoms with Gasteiger partial charge in [0.25, 0.3) is 0 Å². The summed E-state index contributed by atoms with van der Waals surface area (Å²) in [5, 5.41) is 9.72. The van der Waals surface area contributed by atoms with Crippen molar-refractivity contribution >= 4 is 5.97 Å². The van der Waals surface area contributed by atoms with Gasteiger partial charge in [-0.05, 0) is 36.1 Å². The Labute approximate surface area is 112 Å². The number of carboxylic acids is 1. The number of aliphatic carboxylic acids is 1. The Kier molecular flexibility index (Phi) is 3.95. The molecule has 0 saturated carbocycles. The lowest BCUT2D eigenvalue weighted by atomic mass is 9.73. The van der Waals surface area contributed by atoms with Gasteiger partial charge in [-0.2, -0.15) is 0 Å². The first-order chi connectivity index (χ1) is 9.19. The number of carbonyl (C=O) groups is 1. The molecule has 1 unspecified atom stereocenters. The van der Waals surface area contributed by atoms with Gasteiger partial charge in [-0.15, -0.1) is 0 Å². The van der Waals surface area contributed by atoms with E-state index in [0.29, 0.717) is 12.8 Å². The molecule has 1 aromatic carbocycles. The number of aromatic nitrogens is 1. The first-order valence-corrected chi connectivity index (χ1v) is 6.37. The molecular weight excluding hydrogens is 238 g/mol. The average Bonchev–Trinajstić information content (AvgIpc) is 2.46. The highest BCUT2D eigenvalue weighted by atomic mass is 16.4. The quantitative estimate of drug-likeness (QED) is 0.893. The minimum atomic E-state index is -0.872. The van der Waals surface area contributed by atoms with E-state index in [4.69, 9.17) is 0 Å². The van der Waals surface area contributed by atoms with Gasteiger partial charge < -0.3 is 5.11 Å². The van der Waals surface area contributed by atoms with Crippen LogP contribution in [0.4, 0.5) is 0 Å². The second-order valence-corrected chi connectivity index (χ2v) is 4.64. The number of nitrogens with zero attached hydrogens (tertiary/aromatic N) is 1. The van der Waals surface area contributed by atoms with Crippen LogP contribution < -0.4 is 0 Å². The molecule has 1 N–H and O–H groups in total. The third kappa shape index (κ3) is 2.65. The molecule has 1 heterocycles. The average molecular weight is 255 g/mol. The first kappa shape index (κ1) is 13.3. The van der Waals surface area contributed by atoms with E-state index in [9.17, 15) is 9.90 Å². The SMILES string of the molecule is CCC(Cc1ccncc1)(C(=O)O)c1ccccc1. The van der Waals surface area contributed by atoms with Crippen LogP contribution in [0.1, 0.15) is 24.5 Å². The molecule has 2 aromatic rings. The molecule has 1 atom stereocenters. The van der Waals surface area contributed by atoms with Gasteiger partial charge in [0.1, 0.15) is 0 Å². The number of rotatable bonds is 5. The highest BCUT2D eigenvalue weighted by molar-refractivity contribution is 5.81. The van der Waals surface area contributed by atoms with Crippen LogP contribution in [0.5, 0.6) is 0 Å². The molecule has 3 nitrogen and oxygen atoms in total. The maximum Gasteiger partial charge on any atom is 0.314 e. The second-order valence-electron chi connectivity index (χ2n) is 4.64.